The number of amides is 2. The van der Waals surface area contributed by atoms with E-state index in [1.54, 1.807) is 48.3 Å². The molecule has 1 aliphatic heterocycles. The highest BCUT2D eigenvalue weighted by atomic mass is 19.1. The number of nitrogens with zero attached hydrogens (tertiary/aromatic N) is 2. The number of piperidine rings is 1. The van der Waals surface area contributed by atoms with E-state index in [1.807, 2.05) is 11.8 Å². The smallest absolute Gasteiger partial charge is 0.253 e. The van der Waals surface area contributed by atoms with Crippen LogP contribution in [0.15, 0.2) is 42.5 Å². The molecule has 0 bridgehead atoms. The normalized spacial score (nSPS) is 14.3. The highest BCUT2D eigenvalue weighted by Gasteiger charge is 2.20. The van der Waals surface area contributed by atoms with Crippen LogP contribution >= 0.6 is 0 Å². The van der Waals surface area contributed by atoms with Crippen LogP contribution in [0.25, 0.3) is 11.1 Å². The first-order valence-corrected chi connectivity index (χ1v) is 9.35. The van der Waals surface area contributed by atoms with Crippen molar-refractivity contribution in [2.24, 2.45) is 0 Å². The van der Waals surface area contributed by atoms with Crippen LogP contribution in [0.4, 0.5) is 4.39 Å². The second-order valence-corrected chi connectivity index (χ2v) is 7.13. The molecule has 2 amide bonds. The van der Waals surface area contributed by atoms with E-state index >= 15 is 0 Å². The second-order valence-electron chi connectivity index (χ2n) is 7.13. The van der Waals surface area contributed by atoms with Gasteiger partial charge in [0.25, 0.3) is 5.91 Å². The van der Waals surface area contributed by atoms with Crippen molar-refractivity contribution in [3.63, 3.8) is 0 Å². The van der Waals surface area contributed by atoms with Crippen molar-refractivity contribution in [2.75, 3.05) is 26.7 Å². The monoisotopic (exact) mass is 368 g/mol. The third-order valence-corrected chi connectivity index (χ3v) is 5.02. The maximum absolute atomic E-state index is 14.2. The number of carbonyl (C=O) groups is 2. The van der Waals surface area contributed by atoms with Crippen molar-refractivity contribution in [3.05, 3.63) is 59.4 Å². The molecule has 2 aromatic rings. The zero-order chi connectivity index (χ0) is 19.4. The standard InChI is InChI=1S/C22H25FN2O2/c1-16-9-10-20(23)19(14-16)17-6-5-7-18(15-17)22(27)24(2)12-13-25-11-4-3-8-21(25)26/h5-7,9-10,14-15H,3-4,8,11-13H2,1-2H3. The van der Waals surface area contributed by atoms with E-state index in [0.717, 1.165) is 24.9 Å². The highest BCUT2D eigenvalue weighted by Crippen LogP contribution is 2.25. The predicted octanol–water partition coefficient (Wildman–Crippen LogP) is 3.89. The van der Waals surface area contributed by atoms with Gasteiger partial charge in [0.1, 0.15) is 5.82 Å². The molecule has 0 unspecified atom stereocenters. The van der Waals surface area contributed by atoms with Crippen LogP contribution in [0.5, 0.6) is 0 Å². The molecule has 0 aliphatic carbocycles. The minimum atomic E-state index is -0.304. The van der Waals surface area contributed by atoms with E-state index in [2.05, 4.69) is 0 Å². The Morgan fingerprint density at radius 3 is 2.78 bits per heavy atom. The zero-order valence-electron chi connectivity index (χ0n) is 15.9. The van der Waals surface area contributed by atoms with Crippen molar-refractivity contribution < 1.29 is 14.0 Å². The number of aryl methyl sites for hydroxylation is 1. The van der Waals surface area contributed by atoms with E-state index in [9.17, 15) is 14.0 Å². The molecule has 0 saturated carbocycles. The number of likely N-dealkylation sites (N-methyl/N-ethyl adjacent to an activating group) is 1. The summed E-state index contributed by atoms with van der Waals surface area (Å²) in [5.74, 6) is -0.268. The topological polar surface area (TPSA) is 40.6 Å². The lowest BCUT2D eigenvalue weighted by atomic mass is 10.0. The summed E-state index contributed by atoms with van der Waals surface area (Å²) in [6.07, 6.45) is 2.57. The van der Waals surface area contributed by atoms with Gasteiger partial charge in [0.2, 0.25) is 5.91 Å². The lowest BCUT2D eigenvalue weighted by Gasteiger charge is -2.28. The van der Waals surface area contributed by atoms with Gasteiger partial charge in [0.05, 0.1) is 0 Å². The quantitative estimate of drug-likeness (QED) is 0.803. The third-order valence-electron chi connectivity index (χ3n) is 5.02. The lowest BCUT2D eigenvalue weighted by Crippen LogP contribution is -2.41. The fourth-order valence-corrected chi connectivity index (χ4v) is 3.37. The zero-order valence-corrected chi connectivity index (χ0v) is 15.9. The van der Waals surface area contributed by atoms with Gasteiger partial charge in [0.15, 0.2) is 0 Å². The van der Waals surface area contributed by atoms with Crippen LogP contribution in [-0.2, 0) is 4.79 Å². The highest BCUT2D eigenvalue weighted by molar-refractivity contribution is 5.95. The number of carbonyl (C=O) groups excluding carboxylic acids is 2. The summed E-state index contributed by atoms with van der Waals surface area (Å²) in [6, 6.07) is 12.0. The number of rotatable bonds is 5. The molecule has 0 radical (unpaired) electrons. The number of benzene rings is 2. The Kier molecular flexibility index (Phi) is 5.89. The van der Waals surface area contributed by atoms with Gasteiger partial charge in [-0.25, -0.2) is 4.39 Å². The molecule has 4 nitrogen and oxygen atoms in total. The Bertz CT molecular complexity index is 850. The van der Waals surface area contributed by atoms with Gasteiger partial charge in [-0.15, -0.1) is 0 Å². The van der Waals surface area contributed by atoms with Crippen molar-refractivity contribution in [1.82, 2.24) is 9.80 Å². The van der Waals surface area contributed by atoms with Crippen molar-refractivity contribution in [3.8, 4) is 11.1 Å². The second kappa shape index (κ2) is 8.33. The lowest BCUT2D eigenvalue weighted by molar-refractivity contribution is -0.133. The number of likely N-dealkylation sites (tertiary alicyclic amines) is 1. The van der Waals surface area contributed by atoms with Gasteiger partial charge >= 0.3 is 0 Å². The van der Waals surface area contributed by atoms with Crippen LogP contribution < -0.4 is 0 Å². The predicted molar refractivity (Wildman–Crippen MR) is 104 cm³/mol. The fourth-order valence-electron chi connectivity index (χ4n) is 3.37. The average molecular weight is 368 g/mol. The summed E-state index contributed by atoms with van der Waals surface area (Å²) in [7, 11) is 1.73. The van der Waals surface area contributed by atoms with Gasteiger partial charge in [-0.1, -0.05) is 23.8 Å². The minimum absolute atomic E-state index is 0.130. The molecule has 1 aliphatic rings. The molecule has 1 saturated heterocycles. The number of halogens is 1. The molecule has 2 aromatic carbocycles. The first kappa shape index (κ1) is 19.1. The average Bonchev–Trinajstić information content (AvgIpc) is 2.68. The van der Waals surface area contributed by atoms with Crippen LogP contribution in [0.2, 0.25) is 0 Å². The van der Waals surface area contributed by atoms with E-state index < -0.39 is 0 Å². The largest absolute Gasteiger partial charge is 0.341 e. The van der Waals surface area contributed by atoms with E-state index in [0.29, 0.717) is 36.2 Å². The molecule has 142 valence electrons. The fraction of sp³-hybridized carbons (Fsp3) is 0.364. The Morgan fingerprint density at radius 1 is 1.19 bits per heavy atom. The maximum atomic E-state index is 14.2. The first-order valence-electron chi connectivity index (χ1n) is 9.35. The third kappa shape index (κ3) is 4.54. The number of hydrogen-bond donors (Lipinski definition) is 0. The molecule has 0 spiro atoms. The molecule has 3 rings (SSSR count). The van der Waals surface area contributed by atoms with Gasteiger partial charge in [-0.2, -0.15) is 0 Å². The Labute approximate surface area is 159 Å². The molecular formula is C22H25FN2O2. The van der Waals surface area contributed by atoms with Crippen LogP contribution in [0.3, 0.4) is 0 Å². The molecule has 1 heterocycles. The van der Waals surface area contributed by atoms with E-state index in [4.69, 9.17) is 0 Å². The summed E-state index contributed by atoms with van der Waals surface area (Å²) in [6.45, 7) is 3.71. The first-order chi connectivity index (χ1) is 13.0. The van der Waals surface area contributed by atoms with Gasteiger partial charge < -0.3 is 9.80 Å². The molecule has 5 heteroatoms. The van der Waals surface area contributed by atoms with Crippen LogP contribution in [-0.4, -0.2) is 48.3 Å². The Hall–Kier alpha value is -2.69. The molecule has 0 aromatic heterocycles. The van der Waals surface area contributed by atoms with Gasteiger partial charge in [-0.05, 0) is 49.6 Å². The van der Waals surface area contributed by atoms with Crippen molar-refractivity contribution in [1.29, 1.82) is 0 Å². The Morgan fingerprint density at radius 2 is 2.00 bits per heavy atom. The van der Waals surface area contributed by atoms with E-state index in [1.165, 1.54) is 6.07 Å². The molecule has 1 fully saturated rings. The Balaban J connectivity index is 1.71. The summed E-state index contributed by atoms with van der Waals surface area (Å²) in [5.41, 5.74) is 2.65. The van der Waals surface area contributed by atoms with Crippen molar-refractivity contribution in [2.45, 2.75) is 26.2 Å². The van der Waals surface area contributed by atoms with Gasteiger partial charge in [-0.3, -0.25) is 9.59 Å². The minimum Gasteiger partial charge on any atom is -0.341 e. The van der Waals surface area contributed by atoms with E-state index in [-0.39, 0.29) is 17.6 Å². The number of hydrogen-bond acceptors (Lipinski definition) is 2. The van der Waals surface area contributed by atoms with Crippen molar-refractivity contribution >= 4 is 11.8 Å². The van der Waals surface area contributed by atoms with Gasteiger partial charge in [0, 0.05) is 44.2 Å². The maximum Gasteiger partial charge on any atom is 0.253 e. The summed E-state index contributed by atoms with van der Waals surface area (Å²) in [5, 5.41) is 0. The molecule has 0 N–H and O–H groups in total. The summed E-state index contributed by atoms with van der Waals surface area (Å²) < 4.78 is 14.2. The van der Waals surface area contributed by atoms with Crippen LogP contribution in [0, 0.1) is 12.7 Å². The summed E-state index contributed by atoms with van der Waals surface area (Å²) >= 11 is 0. The molecule has 0 atom stereocenters. The van der Waals surface area contributed by atoms with Crippen LogP contribution in [0.1, 0.15) is 35.2 Å². The SMILES string of the molecule is Cc1ccc(F)c(-c2cccc(C(=O)N(C)CCN3CCCCC3=O)c2)c1. The molecule has 27 heavy (non-hydrogen) atoms. The summed E-state index contributed by atoms with van der Waals surface area (Å²) in [4.78, 5) is 28.1. The molecular weight excluding hydrogens is 343 g/mol.